The molecule has 0 aromatic heterocycles. The zero-order valence-electron chi connectivity index (χ0n) is 21.5. The maximum absolute atomic E-state index is 12.4. The molecule has 0 saturated heterocycles. The normalized spacial score (nSPS) is 40.6. The number of carbonyl (C=O) groups is 2. The van der Waals surface area contributed by atoms with E-state index in [9.17, 15) is 9.59 Å². The molecule has 0 unspecified atom stereocenters. The van der Waals surface area contributed by atoms with Crippen molar-refractivity contribution in [3.05, 3.63) is 0 Å². The number of nitrogens with one attached hydrogen (secondary N) is 1. The maximum atomic E-state index is 12.4. The van der Waals surface area contributed by atoms with Gasteiger partial charge >= 0.3 is 6.09 Å². The first-order chi connectivity index (χ1) is 15.7. The van der Waals surface area contributed by atoms with Crippen LogP contribution in [-0.2, 0) is 9.63 Å². The molecular weight excluding hydrogens is 414 g/mol. The van der Waals surface area contributed by atoms with E-state index < -0.39 is 0 Å². The van der Waals surface area contributed by atoms with Gasteiger partial charge in [-0.1, -0.05) is 19.0 Å². The van der Waals surface area contributed by atoms with Crippen molar-refractivity contribution in [3.8, 4) is 0 Å². The number of fused-ring (bicyclic) bond motifs is 5. The molecule has 0 bridgehead atoms. The molecule has 33 heavy (non-hydrogen) atoms. The van der Waals surface area contributed by atoms with E-state index in [-0.39, 0.29) is 11.5 Å². The molecule has 0 aromatic rings. The average Bonchev–Trinajstić information content (AvgIpc) is 3.15. The minimum absolute atomic E-state index is 0.244. The molecule has 0 aliphatic heterocycles. The zero-order chi connectivity index (χ0) is 23.8. The van der Waals surface area contributed by atoms with E-state index in [1.54, 1.807) is 11.9 Å². The van der Waals surface area contributed by atoms with E-state index in [1.165, 1.54) is 32.1 Å². The number of hydrogen-bond acceptors (Lipinski definition) is 5. The molecule has 7 atom stereocenters. The highest BCUT2D eigenvalue weighted by Crippen LogP contribution is 2.67. The van der Waals surface area contributed by atoms with Crippen LogP contribution in [0.5, 0.6) is 0 Å². The highest BCUT2D eigenvalue weighted by Gasteiger charge is 2.60. The number of oxime groups is 1. The lowest BCUT2D eigenvalue weighted by molar-refractivity contribution is -0.138. The van der Waals surface area contributed by atoms with Gasteiger partial charge in [-0.25, -0.2) is 4.79 Å². The van der Waals surface area contributed by atoms with Gasteiger partial charge < -0.3 is 10.2 Å². The van der Waals surface area contributed by atoms with Gasteiger partial charge in [0.05, 0.1) is 5.71 Å². The Morgan fingerprint density at radius 3 is 2.64 bits per heavy atom. The monoisotopic (exact) mass is 459 g/mol. The van der Waals surface area contributed by atoms with Crippen LogP contribution < -0.4 is 5.32 Å². The highest BCUT2D eigenvalue weighted by molar-refractivity contribution is 5.85. The summed E-state index contributed by atoms with van der Waals surface area (Å²) in [6, 6.07) is 0. The predicted octanol–water partition coefficient (Wildman–Crippen LogP) is 5.27. The minimum Gasteiger partial charge on any atom is -0.320 e. The number of ketones is 1. The van der Waals surface area contributed by atoms with Crippen molar-refractivity contribution >= 4 is 17.6 Å². The van der Waals surface area contributed by atoms with E-state index in [1.807, 2.05) is 7.05 Å². The summed E-state index contributed by atoms with van der Waals surface area (Å²) in [5.74, 6) is 3.76. The molecule has 0 radical (unpaired) electrons. The molecule has 0 heterocycles. The van der Waals surface area contributed by atoms with Crippen LogP contribution in [0.15, 0.2) is 5.16 Å². The Bertz CT molecular complexity index is 783. The predicted molar refractivity (Wildman–Crippen MR) is 131 cm³/mol. The van der Waals surface area contributed by atoms with Crippen LogP contribution in [0.4, 0.5) is 4.79 Å². The molecule has 6 nitrogen and oxygen atoms in total. The summed E-state index contributed by atoms with van der Waals surface area (Å²) in [6.07, 6.45) is 10.7. The van der Waals surface area contributed by atoms with Crippen molar-refractivity contribution in [3.63, 3.8) is 0 Å². The van der Waals surface area contributed by atoms with Crippen molar-refractivity contribution in [1.29, 1.82) is 0 Å². The Morgan fingerprint density at radius 1 is 1.12 bits per heavy atom. The second kappa shape index (κ2) is 9.67. The van der Waals surface area contributed by atoms with Crippen molar-refractivity contribution in [1.82, 2.24) is 10.2 Å². The third-order valence-corrected chi connectivity index (χ3v) is 10.5. The SMILES string of the molecule is CNCCCN(C)C(=O)O/N=C(\C)[C@H]1CC[C@H]2[C@@H]3CC[C@@H]4CC(=O)CC[C@]4(C)[C@H]3CC[C@]12C. The lowest BCUT2D eigenvalue weighted by Gasteiger charge is -2.60. The van der Waals surface area contributed by atoms with E-state index >= 15 is 0 Å². The average molecular weight is 460 g/mol. The fraction of sp³-hybridized carbons (Fsp3) is 0.889. The molecule has 1 N–H and O–H groups in total. The first-order valence-corrected chi connectivity index (χ1v) is 13.3. The van der Waals surface area contributed by atoms with Gasteiger partial charge in [0, 0.05) is 32.4 Å². The Hall–Kier alpha value is -1.43. The van der Waals surface area contributed by atoms with Gasteiger partial charge in [0.2, 0.25) is 0 Å². The van der Waals surface area contributed by atoms with Crippen LogP contribution in [0.3, 0.4) is 0 Å². The number of hydrogen-bond donors (Lipinski definition) is 1. The Labute approximate surface area is 200 Å². The number of nitrogens with zero attached hydrogens (tertiary/aromatic N) is 2. The van der Waals surface area contributed by atoms with E-state index in [0.717, 1.165) is 62.1 Å². The van der Waals surface area contributed by atoms with Crippen LogP contribution in [0.1, 0.15) is 85.0 Å². The van der Waals surface area contributed by atoms with Crippen molar-refractivity contribution in [2.45, 2.75) is 85.0 Å². The van der Waals surface area contributed by atoms with Crippen molar-refractivity contribution < 1.29 is 14.4 Å². The molecule has 4 aliphatic rings. The van der Waals surface area contributed by atoms with Gasteiger partial charge in [-0.15, -0.1) is 0 Å². The summed E-state index contributed by atoms with van der Waals surface area (Å²) in [4.78, 5) is 31.4. The first-order valence-electron chi connectivity index (χ1n) is 13.3. The van der Waals surface area contributed by atoms with Crippen molar-refractivity contribution in [2.75, 3.05) is 27.2 Å². The van der Waals surface area contributed by atoms with Gasteiger partial charge in [0.1, 0.15) is 5.78 Å². The standard InChI is InChI=1S/C27H45N3O3/c1-18(29-33-25(32)30(5)16-6-15-28-4)22-9-10-23-21-8-7-19-17-20(31)11-13-26(19,2)24(21)12-14-27(22,23)3/h19,21-24,28H,6-17H2,1-5H3/b29-18+/t19-,21+,22-,23+,24+,26+,27-/m1/s1. The molecule has 1 amide bonds. The highest BCUT2D eigenvalue weighted by atomic mass is 16.7. The molecular formula is C27H45N3O3. The molecule has 4 saturated carbocycles. The summed E-state index contributed by atoms with van der Waals surface area (Å²) in [5.41, 5.74) is 1.58. The van der Waals surface area contributed by atoms with E-state index in [0.29, 0.717) is 29.6 Å². The molecule has 6 heteroatoms. The summed E-state index contributed by atoms with van der Waals surface area (Å²) in [6.45, 7) is 8.58. The van der Waals surface area contributed by atoms with Crippen LogP contribution >= 0.6 is 0 Å². The van der Waals surface area contributed by atoms with Gasteiger partial charge in [0.25, 0.3) is 0 Å². The quantitative estimate of drug-likeness (QED) is 0.254. The fourth-order valence-electron chi connectivity index (χ4n) is 8.56. The zero-order valence-corrected chi connectivity index (χ0v) is 21.5. The summed E-state index contributed by atoms with van der Waals surface area (Å²) < 4.78 is 0. The van der Waals surface area contributed by atoms with Crippen molar-refractivity contribution in [2.24, 2.45) is 45.6 Å². The van der Waals surface area contributed by atoms with Crippen LogP contribution in [-0.4, -0.2) is 49.7 Å². The van der Waals surface area contributed by atoms with Gasteiger partial charge in [-0.2, -0.15) is 0 Å². The smallest absolute Gasteiger partial charge is 0.320 e. The third kappa shape index (κ3) is 4.49. The van der Waals surface area contributed by atoms with Crippen LogP contribution in [0.25, 0.3) is 0 Å². The van der Waals surface area contributed by atoms with E-state index in [4.69, 9.17) is 4.84 Å². The first kappa shape index (κ1) is 24.7. The molecule has 0 spiro atoms. The number of rotatable bonds is 6. The lowest BCUT2D eigenvalue weighted by Crippen LogP contribution is -2.53. The maximum Gasteiger partial charge on any atom is 0.435 e. The van der Waals surface area contributed by atoms with Gasteiger partial charge in [0.15, 0.2) is 0 Å². The second-order valence-corrected chi connectivity index (χ2v) is 12.0. The Balaban J connectivity index is 1.42. The summed E-state index contributed by atoms with van der Waals surface area (Å²) in [5, 5.41) is 7.45. The van der Waals surface area contributed by atoms with Gasteiger partial charge in [-0.3, -0.25) is 9.63 Å². The summed E-state index contributed by atoms with van der Waals surface area (Å²) >= 11 is 0. The largest absolute Gasteiger partial charge is 0.435 e. The molecule has 4 rings (SSSR count). The van der Waals surface area contributed by atoms with Crippen LogP contribution in [0, 0.1) is 40.4 Å². The number of amides is 1. The Morgan fingerprint density at radius 2 is 1.88 bits per heavy atom. The molecule has 186 valence electrons. The van der Waals surface area contributed by atoms with Gasteiger partial charge in [-0.05, 0) is 106 Å². The summed E-state index contributed by atoms with van der Waals surface area (Å²) in [7, 11) is 3.68. The number of carbonyl (C=O) groups excluding carboxylic acids is 2. The fourth-order valence-corrected chi connectivity index (χ4v) is 8.56. The minimum atomic E-state index is -0.369. The molecule has 4 fully saturated rings. The van der Waals surface area contributed by atoms with E-state index in [2.05, 4.69) is 31.2 Å². The topological polar surface area (TPSA) is 71.0 Å². The lowest BCUT2D eigenvalue weighted by atomic mass is 9.44. The molecule has 4 aliphatic carbocycles. The third-order valence-electron chi connectivity index (χ3n) is 10.5. The Kier molecular flexibility index (Phi) is 7.24. The second-order valence-electron chi connectivity index (χ2n) is 12.0. The number of Topliss-reactive ketones (excluding diaryl/α,β-unsaturated/α-hetero) is 1. The van der Waals surface area contributed by atoms with Crippen LogP contribution in [0.2, 0.25) is 0 Å². The molecule has 0 aromatic carbocycles.